The number of nitrogens with zero attached hydrogens (tertiary/aromatic N) is 2. The van der Waals surface area contributed by atoms with Crippen LogP contribution in [-0.4, -0.2) is 22.6 Å². The van der Waals surface area contributed by atoms with Crippen LogP contribution in [0.1, 0.15) is 12.0 Å². The maximum atomic E-state index is 9.12. The Bertz CT molecular complexity index is 556. The Morgan fingerprint density at radius 2 is 2.15 bits per heavy atom. The van der Waals surface area contributed by atoms with Gasteiger partial charge in [-0.15, -0.1) is 6.42 Å². The zero-order valence-corrected chi connectivity index (χ0v) is 12.6. The summed E-state index contributed by atoms with van der Waals surface area (Å²) in [6, 6.07) is 12.3. The predicted molar refractivity (Wildman–Crippen MR) is 81.6 cm³/mol. The zero-order valence-electron chi connectivity index (χ0n) is 11.0. The molecule has 0 amide bonds. The van der Waals surface area contributed by atoms with E-state index >= 15 is 0 Å². The lowest BCUT2D eigenvalue weighted by Crippen LogP contribution is -2.43. The number of hydrogen-bond donors (Lipinski definition) is 0. The lowest BCUT2D eigenvalue weighted by Gasteiger charge is -2.37. The number of ether oxygens (including phenoxy) is 1. The SMILES string of the molecule is C#CCO[C@@H]1[C@@H](Br)CC(C#N)=CN1Cc1ccccc1. The van der Waals surface area contributed by atoms with Crippen molar-refractivity contribution in [2.24, 2.45) is 0 Å². The van der Waals surface area contributed by atoms with Crippen molar-refractivity contribution in [1.29, 1.82) is 5.26 Å². The summed E-state index contributed by atoms with van der Waals surface area (Å²) in [6.45, 7) is 0.942. The van der Waals surface area contributed by atoms with Gasteiger partial charge in [0.2, 0.25) is 0 Å². The summed E-state index contributed by atoms with van der Waals surface area (Å²) >= 11 is 3.59. The van der Waals surface area contributed by atoms with Crippen molar-refractivity contribution in [3.63, 3.8) is 0 Å². The van der Waals surface area contributed by atoms with Gasteiger partial charge in [-0.2, -0.15) is 5.26 Å². The summed E-state index contributed by atoms with van der Waals surface area (Å²) in [5.41, 5.74) is 1.90. The van der Waals surface area contributed by atoms with Crippen molar-refractivity contribution in [1.82, 2.24) is 4.90 Å². The summed E-state index contributed by atoms with van der Waals surface area (Å²) in [5, 5.41) is 9.12. The maximum absolute atomic E-state index is 9.12. The van der Waals surface area contributed by atoms with E-state index < -0.39 is 0 Å². The van der Waals surface area contributed by atoms with Gasteiger partial charge >= 0.3 is 0 Å². The van der Waals surface area contributed by atoms with E-state index in [0.29, 0.717) is 13.0 Å². The van der Waals surface area contributed by atoms with Crippen molar-refractivity contribution in [3.8, 4) is 18.4 Å². The van der Waals surface area contributed by atoms with E-state index in [1.54, 1.807) is 0 Å². The van der Waals surface area contributed by atoms with E-state index in [-0.39, 0.29) is 17.7 Å². The maximum Gasteiger partial charge on any atom is 0.144 e. The Balaban J connectivity index is 2.19. The van der Waals surface area contributed by atoms with E-state index in [1.165, 1.54) is 0 Å². The summed E-state index contributed by atoms with van der Waals surface area (Å²) in [7, 11) is 0. The molecule has 2 atom stereocenters. The number of allylic oxidation sites excluding steroid dienone is 1. The first-order valence-electron chi connectivity index (χ1n) is 6.34. The second kappa shape index (κ2) is 7.14. The van der Waals surface area contributed by atoms with E-state index in [4.69, 9.17) is 16.4 Å². The molecule has 0 fully saturated rings. The molecule has 4 heteroatoms. The Morgan fingerprint density at radius 3 is 2.80 bits per heavy atom. The van der Waals surface area contributed by atoms with Gasteiger partial charge in [-0.25, -0.2) is 0 Å². The van der Waals surface area contributed by atoms with Gasteiger partial charge in [0.1, 0.15) is 12.8 Å². The van der Waals surface area contributed by atoms with Crippen LogP contribution >= 0.6 is 15.9 Å². The molecule has 20 heavy (non-hydrogen) atoms. The van der Waals surface area contributed by atoms with Crippen molar-refractivity contribution in [2.75, 3.05) is 6.61 Å². The van der Waals surface area contributed by atoms with Gasteiger partial charge in [0, 0.05) is 24.7 Å². The molecule has 0 saturated heterocycles. The monoisotopic (exact) mass is 330 g/mol. The van der Waals surface area contributed by atoms with Crippen molar-refractivity contribution < 1.29 is 4.74 Å². The van der Waals surface area contributed by atoms with Crippen LogP contribution in [0.4, 0.5) is 0 Å². The highest BCUT2D eigenvalue weighted by Gasteiger charge is 2.30. The molecule has 0 aliphatic carbocycles. The van der Waals surface area contributed by atoms with Crippen LogP contribution < -0.4 is 0 Å². The third kappa shape index (κ3) is 3.63. The average Bonchev–Trinajstić information content (AvgIpc) is 2.47. The number of halogens is 1. The molecule has 0 saturated carbocycles. The second-order valence-corrected chi connectivity index (χ2v) is 5.73. The Kier molecular flexibility index (Phi) is 5.24. The molecule has 0 aromatic heterocycles. The quantitative estimate of drug-likeness (QED) is 0.628. The molecule has 0 radical (unpaired) electrons. The molecular weight excluding hydrogens is 316 g/mol. The van der Waals surface area contributed by atoms with Gasteiger partial charge in [0.15, 0.2) is 0 Å². The van der Waals surface area contributed by atoms with Crippen LogP contribution in [0.5, 0.6) is 0 Å². The number of nitriles is 1. The van der Waals surface area contributed by atoms with Crippen molar-refractivity contribution in [3.05, 3.63) is 47.7 Å². The lowest BCUT2D eigenvalue weighted by atomic mass is 10.1. The normalized spacial score (nSPS) is 21.8. The minimum absolute atomic E-state index is 0.0548. The first-order chi connectivity index (χ1) is 9.74. The fourth-order valence-electron chi connectivity index (χ4n) is 2.18. The minimum atomic E-state index is -0.164. The molecule has 0 bridgehead atoms. The highest BCUT2D eigenvalue weighted by Crippen LogP contribution is 2.28. The van der Waals surface area contributed by atoms with Crippen LogP contribution in [0.15, 0.2) is 42.1 Å². The van der Waals surface area contributed by atoms with Gasteiger partial charge in [0.05, 0.1) is 10.9 Å². The minimum Gasteiger partial charge on any atom is -0.346 e. The molecule has 1 heterocycles. The molecule has 1 aliphatic heterocycles. The fourth-order valence-corrected chi connectivity index (χ4v) is 2.99. The zero-order chi connectivity index (χ0) is 14.4. The number of terminal acetylenes is 1. The molecule has 2 rings (SSSR count). The van der Waals surface area contributed by atoms with Gasteiger partial charge in [-0.3, -0.25) is 0 Å². The van der Waals surface area contributed by atoms with Crippen LogP contribution in [0, 0.1) is 23.7 Å². The van der Waals surface area contributed by atoms with Gasteiger partial charge in [0.25, 0.3) is 0 Å². The molecule has 1 aromatic rings. The molecule has 102 valence electrons. The summed E-state index contributed by atoms with van der Waals surface area (Å²) in [4.78, 5) is 2.08. The van der Waals surface area contributed by atoms with E-state index in [0.717, 1.165) is 11.1 Å². The van der Waals surface area contributed by atoms with Gasteiger partial charge in [-0.05, 0) is 5.56 Å². The molecule has 3 nitrogen and oxygen atoms in total. The van der Waals surface area contributed by atoms with Crippen LogP contribution in [0.3, 0.4) is 0 Å². The summed E-state index contributed by atoms with van der Waals surface area (Å²) in [6.07, 6.45) is 7.62. The highest BCUT2D eigenvalue weighted by molar-refractivity contribution is 9.09. The van der Waals surface area contributed by atoms with Gasteiger partial charge in [-0.1, -0.05) is 52.2 Å². The third-order valence-corrected chi connectivity index (χ3v) is 3.84. The Labute approximate surface area is 128 Å². The molecular formula is C16H15BrN2O. The van der Waals surface area contributed by atoms with Crippen LogP contribution in [0.2, 0.25) is 0 Å². The van der Waals surface area contributed by atoms with Gasteiger partial charge < -0.3 is 9.64 Å². The Hall–Kier alpha value is -1.75. The standard InChI is InChI=1S/C16H15BrN2O/c1-2-8-20-16-15(17)9-14(10-18)12-19(16)11-13-6-4-3-5-7-13/h1,3-7,12,15-16H,8-9,11H2/t15-,16+/m0/s1. The molecule has 1 aliphatic rings. The lowest BCUT2D eigenvalue weighted by molar-refractivity contribution is -0.0300. The predicted octanol–water partition coefficient (Wildman–Crippen LogP) is 3.04. The van der Waals surface area contributed by atoms with Crippen molar-refractivity contribution in [2.45, 2.75) is 24.0 Å². The summed E-state index contributed by atoms with van der Waals surface area (Å²) < 4.78 is 5.71. The molecule has 0 N–H and O–H groups in total. The average molecular weight is 331 g/mol. The number of rotatable bonds is 4. The first kappa shape index (κ1) is 14.7. The third-order valence-electron chi connectivity index (χ3n) is 3.06. The molecule has 0 spiro atoms. The fraction of sp³-hybridized carbons (Fsp3) is 0.312. The first-order valence-corrected chi connectivity index (χ1v) is 7.25. The number of benzene rings is 1. The van der Waals surface area contributed by atoms with E-state index in [2.05, 4.69) is 40.1 Å². The summed E-state index contributed by atoms with van der Waals surface area (Å²) in [5.74, 6) is 2.49. The largest absolute Gasteiger partial charge is 0.346 e. The van der Waals surface area contributed by atoms with Crippen LogP contribution in [-0.2, 0) is 11.3 Å². The van der Waals surface area contributed by atoms with Crippen molar-refractivity contribution >= 4 is 15.9 Å². The topological polar surface area (TPSA) is 36.3 Å². The number of hydrogen-bond acceptors (Lipinski definition) is 3. The van der Waals surface area contributed by atoms with E-state index in [9.17, 15) is 0 Å². The molecule has 0 unspecified atom stereocenters. The van der Waals surface area contributed by atoms with Crippen LogP contribution in [0.25, 0.3) is 0 Å². The van der Waals surface area contributed by atoms with E-state index in [1.807, 2.05) is 29.3 Å². The highest BCUT2D eigenvalue weighted by atomic mass is 79.9. The molecule has 1 aromatic carbocycles. The second-order valence-electron chi connectivity index (χ2n) is 4.55. The Morgan fingerprint density at radius 1 is 1.40 bits per heavy atom. The number of alkyl halides is 1. The smallest absolute Gasteiger partial charge is 0.144 e.